The number of ketones is 1. The van der Waals surface area contributed by atoms with Crippen molar-refractivity contribution in [2.24, 2.45) is 7.05 Å². The van der Waals surface area contributed by atoms with E-state index in [0.29, 0.717) is 16.8 Å². The quantitative estimate of drug-likeness (QED) is 0.726. The van der Waals surface area contributed by atoms with Crippen LogP contribution in [0.5, 0.6) is 5.88 Å². The third-order valence-corrected chi connectivity index (χ3v) is 6.01. The van der Waals surface area contributed by atoms with Crippen molar-refractivity contribution in [1.29, 1.82) is 0 Å². The number of ether oxygens (including phenoxy) is 1. The summed E-state index contributed by atoms with van der Waals surface area (Å²) >= 11 is 0. The molecule has 0 radical (unpaired) electrons. The fraction of sp³-hybridized carbons (Fsp3) is 0.522. The van der Waals surface area contributed by atoms with Crippen LogP contribution in [-0.2, 0) is 18.9 Å². The van der Waals surface area contributed by atoms with E-state index in [1.54, 1.807) is 28.1 Å². The molecule has 1 aromatic heterocycles. The number of nitrogens with zero attached hydrogens (tertiary/aromatic N) is 3. The van der Waals surface area contributed by atoms with Gasteiger partial charge in [-0.05, 0) is 73.8 Å². The average molecular weight is 398 g/mol. The van der Waals surface area contributed by atoms with Crippen molar-refractivity contribution in [3.63, 3.8) is 0 Å². The maximum atomic E-state index is 13.7. The number of carbonyl (C=O) groups is 2. The Kier molecular flexibility index (Phi) is 5.32. The van der Waals surface area contributed by atoms with E-state index in [1.165, 1.54) is 27.1 Å². The Labute approximate surface area is 172 Å². The lowest BCUT2D eigenvalue weighted by Gasteiger charge is -2.36. The Morgan fingerprint density at radius 1 is 1.21 bits per heavy atom. The summed E-state index contributed by atoms with van der Waals surface area (Å²) in [6.07, 6.45) is 2.79. The first-order valence-electron chi connectivity index (χ1n) is 10.1. The Morgan fingerprint density at radius 2 is 1.86 bits per heavy atom. The highest BCUT2D eigenvalue weighted by atomic mass is 16.6. The molecular weight excluding hydrogens is 366 g/mol. The maximum Gasteiger partial charge on any atom is 0.416 e. The number of hydrogen-bond donors (Lipinski definition) is 0. The minimum atomic E-state index is -0.540. The van der Waals surface area contributed by atoms with Crippen LogP contribution in [0, 0.1) is 20.8 Å². The van der Waals surface area contributed by atoms with Gasteiger partial charge in [0.25, 0.3) is 0 Å². The van der Waals surface area contributed by atoms with E-state index in [4.69, 9.17) is 4.74 Å². The zero-order valence-electron chi connectivity index (χ0n) is 18.8. The van der Waals surface area contributed by atoms with Crippen LogP contribution in [-0.4, -0.2) is 40.7 Å². The van der Waals surface area contributed by atoms with Gasteiger partial charge >= 0.3 is 6.09 Å². The van der Waals surface area contributed by atoms with Gasteiger partial charge in [0.2, 0.25) is 11.7 Å². The standard InChI is InChI=1S/C23H31N3O3/c1-13-12-17(14(2)19-16(13)10-9-11-23(19,4)5)20(27)18-15(3)24-26(8)21(18)29-22(28)25(6)7/h12H,9-11H2,1-8H3. The van der Waals surface area contributed by atoms with Gasteiger partial charge in [-0.25, -0.2) is 9.48 Å². The number of fused-ring (bicyclic) bond motifs is 1. The molecule has 6 heteroatoms. The molecule has 0 saturated heterocycles. The summed E-state index contributed by atoms with van der Waals surface area (Å²) in [6, 6.07) is 1.99. The van der Waals surface area contributed by atoms with Crippen molar-refractivity contribution in [2.75, 3.05) is 14.1 Å². The summed E-state index contributed by atoms with van der Waals surface area (Å²) in [4.78, 5) is 27.1. The fourth-order valence-electron chi connectivity index (χ4n) is 4.60. The highest BCUT2D eigenvalue weighted by molar-refractivity contribution is 6.12. The van der Waals surface area contributed by atoms with Gasteiger partial charge in [0, 0.05) is 26.7 Å². The van der Waals surface area contributed by atoms with E-state index in [-0.39, 0.29) is 17.1 Å². The smallest absolute Gasteiger partial charge is 0.391 e. The number of amides is 1. The molecule has 0 saturated carbocycles. The van der Waals surface area contributed by atoms with Crippen molar-refractivity contribution >= 4 is 11.9 Å². The molecule has 1 aliphatic carbocycles. The Hall–Kier alpha value is -2.63. The molecule has 0 bridgehead atoms. The van der Waals surface area contributed by atoms with Gasteiger partial charge in [0.15, 0.2) is 0 Å². The molecule has 0 atom stereocenters. The van der Waals surface area contributed by atoms with Crippen LogP contribution < -0.4 is 4.74 Å². The molecule has 0 fully saturated rings. The number of aryl methyl sites for hydroxylation is 3. The highest BCUT2D eigenvalue weighted by Crippen LogP contribution is 2.42. The summed E-state index contributed by atoms with van der Waals surface area (Å²) in [7, 11) is 4.88. The van der Waals surface area contributed by atoms with Crippen LogP contribution in [0.25, 0.3) is 0 Å². The fourth-order valence-corrected chi connectivity index (χ4v) is 4.60. The Bertz CT molecular complexity index is 1000. The largest absolute Gasteiger partial charge is 0.416 e. The van der Waals surface area contributed by atoms with Crippen LogP contribution in [0.4, 0.5) is 4.79 Å². The first-order chi connectivity index (χ1) is 13.5. The second-order valence-electron chi connectivity index (χ2n) is 8.94. The van der Waals surface area contributed by atoms with Crippen molar-refractivity contribution in [2.45, 2.75) is 59.3 Å². The molecule has 0 spiro atoms. The number of benzene rings is 1. The molecule has 6 nitrogen and oxygen atoms in total. The molecule has 1 aromatic carbocycles. The van der Waals surface area contributed by atoms with Crippen molar-refractivity contribution in [3.8, 4) is 5.88 Å². The molecule has 3 rings (SSSR count). The van der Waals surface area contributed by atoms with Gasteiger partial charge in [-0.15, -0.1) is 0 Å². The summed E-state index contributed by atoms with van der Waals surface area (Å²) in [6.45, 7) is 10.4. The molecule has 2 aromatic rings. The maximum absolute atomic E-state index is 13.7. The van der Waals surface area contributed by atoms with Gasteiger partial charge in [-0.3, -0.25) is 4.79 Å². The van der Waals surface area contributed by atoms with E-state index in [2.05, 4.69) is 25.9 Å². The van der Waals surface area contributed by atoms with Crippen LogP contribution in [0.3, 0.4) is 0 Å². The monoisotopic (exact) mass is 397 g/mol. The topological polar surface area (TPSA) is 64.4 Å². The van der Waals surface area contributed by atoms with Gasteiger partial charge in [0.1, 0.15) is 5.56 Å². The second kappa shape index (κ2) is 7.32. The molecule has 156 valence electrons. The van der Waals surface area contributed by atoms with Gasteiger partial charge in [-0.1, -0.05) is 13.8 Å². The summed E-state index contributed by atoms with van der Waals surface area (Å²) in [5, 5.41) is 4.34. The van der Waals surface area contributed by atoms with Crippen molar-refractivity contribution in [3.05, 3.63) is 45.1 Å². The third-order valence-electron chi connectivity index (χ3n) is 6.01. The number of hydrogen-bond acceptors (Lipinski definition) is 4. The number of carbonyl (C=O) groups excluding carboxylic acids is 2. The number of rotatable bonds is 3. The summed E-state index contributed by atoms with van der Waals surface area (Å²) in [5.41, 5.74) is 6.42. The highest BCUT2D eigenvalue weighted by Gasteiger charge is 2.34. The lowest BCUT2D eigenvalue weighted by molar-refractivity contribution is 0.103. The second-order valence-corrected chi connectivity index (χ2v) is 8.94. The summed E-state index contributed by atoms with van der Waals surface area (Å²) < 4.78 is 6.94. The van der Waals surface area contributed by atoms with Crippen LogP contribution in [0.2, 0.25) is 0 Å². The van der Waals surface area contributed by atoms with E-state index in [1.807, 2.05) is 13.0 Å². The van der Waals surface area contributed by atoms with E-state index < -0.39 is 6.09 Å². The minimum absolute atomic E-state index is 0.0307. The van der Waals surface area contributed by atoms with E-state index in [9.17, 15) is 9.59 Å². The molecule has 0 N–H and O–H groups in total. The lowest BCUT2D eigenvalue weighted by Crippen LogP contribution is -2.28. The molecule has 0 unspecified atom stereocenters. The van der Waals surface area contributed by atoms with Gasteiger partial charge in [0.05, 0.1) is 5.69 Å². The first-order valence-corrected chi connectivity index (χ1v) is 10.1. The predicted molar refractivity (Wildman–Crippen MR) is 113 cm³/mol. The minimum Gasteiger partial charge on any atom is -0.391 e. The van der Waals surface area contributed by atoms with Gasteiger partial charge in [-0.2, -0.15) is 5.10 Å². The zero-order valence-corrected chi connectivity index (χ0v) is 18.8. The normalized spacial score (nSPS) is 15.0. The first kappa shape index (κ1) is 21.1. The molecule has 1 amide bonds. The van der Waals surface area contributed by atoms with Crippen molar-refractivity contribution in [1.82, 2.24) is 14.7 Å². The molecule has 29 heavy (non-hydrogen) atoms. The summed E-state index contributed by atoms with van der Waals surface area (Å²) in [5.74, 6) is 0.0298. The molecule has 1 aliphatic rings. The van der Waals surface area contributed by atoms with E-state index in [0.717, 1.165) is 24.0 Å². The Morgan fingerprint density at radius 3 is 2.48 bits per heavy atom. The van der Waals surface area contributed by atoms with E-state index >= 15 is 0 Å². The predicted octanol–water partition coefficient (Wildman–Crippen LogP) is 4.25. The average Bonchev–Trinajstić information content (AvgIpc) is 2.89. The zero-order chi connectivity index (χ0) is 21.7. The molecule has 0 aliphatic heterocycles. The Balaban J connectivity index is 2.16. The van der Waals surface area contributed by atoms with Crippen LogP contribution in [0.1, 0.15) is 70.6 Å². The van der Waals surface area contributed by atoms with Gasteiger partial charge < -0.3 is 9.64 Å². The lowest BCUT2D eigenvalue weighted by atomic mass is 9.68. The SMILES string of the molecule is Cc1cc(C(=O)c2c(C)nn(C)c2OC(=O)N(C)C)c(C)c2c1CCCC2(C)C. The van der Waals surface area contributed by atoms with Crippen molar-refractivity contribution < 1.29 is 14.3 Å². The molecule has 1 heterocycles. The van der Waals surface area contributed by atoms with Crippen LogP contribution >= 0.6 is 0 Å². The third kappa shape index (κ3) is 3.56. The van der Waals surface area contributed by atoms with Crippen LogP contribution in [0.15, 0.2) is 6.07 Å². The number of aromatic nitrogens is 2. The molecular formula is C23H31N3O3.